The molecule has 0 aliphatic heterocycles. The van der Waals surface area contributed by atoms with Crippen LogP contribution in [-0.2, 0) is 4.74 Å². The van der Waals surface area contributed by atoms with Crippen LogP contribution in [0.1, 0.15) is 17.4 Å². The molecule has 0 amide bonds. The van der Waals surface area contributed by atoms with Gasteiger partial charge in [0.25, 0.3) is 0 Å². The van der Waals surface area contributed by atoms with E-state index in [0.717, 1.165) is 0 Å². The first kappa shape index (κ1) is 15.6. The Morgan fingerprint density at radius 2 is 2.10 bits per heavy atom. The van der Waals surface area contributed by atoms with Gasteiger partial charge in [-0.25, -0.2) is 9.78 Å². The van der Waals surface area contributed by atoms with Crippen LogP contribution in [0.25, 0.3) is 0 Å². The summed E-state index contributed by atoms with van der Waals surface area (Å²) in [5.41, 5.74) is -2.64. The lowest BCUT2D eigenvalue weighted by Crippen LogP contribution is -2.20. The summed E-state index contributed by atoms with van der Waals surface area (Å²) in [4.78, 5) is 23.6. The van der Waals surface area contributed by atoms with Crippen LogP contribution < -0.4 is 4.74 Å². The fourth-order valence-electron chi connectivity index (χ4n) is 1.21. The van der Waals surface area contributed by atoms with Gasteiger partial charge in [-0.3, -0.25) is 10.1 Å². The third kappa shape index (κ3) is 3.76. The molecule has 1 aromatic heterocycles. The van der Waals surface area contributed by atoms with Gasteiger partial charge in [0, 0.05) is 6.07 Å². The van der Waals surface area contributed by atoms with E-state index >= 15 is 0 Å². The number of ether oxygens (including phenoxy) is 2. The largest absolute Gasteiger partial charge is 0.573 e. The fraction of sp³-hybridized carbons (Fsp3) is 0.333. The summed E-state index contributed by atoms with van der Waals surface area (Å²) in [6.07, 6.45) is -5.30. The molecule has 0 aliphatic rings. The number of pyridine rings is 1. The minimum atomic E-state index is -5.30. The van der Waals surface area contributed by atoms with Crippen LogP contribution in [0.3, 0.4) is 0 Å². The molecule has 0 fully saturated rings. The summed E-state index contributed by atoms with van der Waals surface area (Å²) in [5, 5.41) is 10.7. The molecule has 0 unspecified atom stereocenters. The average Bonchev–Trinajstić information content (AvgIpc) is 2.25. The number of alkyl halides is 3. The number of nitrogens with zero attached hydrogens (tertiary/aromatic N) is 2. The van der Waals surface area contributed by atoms with Gasteiger partial charge in [0.05, 0.1) is 11.5 Å². The van der Waals surface area contributed by atoms with Crippen LogP contribution in [0, 0.1) is 16.1 Å². The molecular weight excluding hydrogens is 292 g/mol. The van der Waals surface area contributed by atoms with Crippen LogP contribution in [0.2, 0.25) is 0 Å². The number of carbonyl (C=O) groups is 1. The zero-order valence-electron chi connectivity index (χ0n) is 9.73. The van der Waals surface area contributed by atoms with Gasteiger partial charge in [-0.2, -0.15) is 4.39 Å². The normalized spacial score (nSPS) is 11.1. The van der Waals surface area contributed by atoms with Crippen molar-refractivity contribution in [3.8, 4) is 5.75 Å². The second-order valence-corrected chi connectivity index (χ2v) is 3.17. The number of esters is 1. The van der Waals surface area contributed by atoms with Crippen molar-refractivity contribution in [1.29, 1.82) is 0 Å². The van der Waals surface area contributed by atoms with Crippen molar-refractivity contribution in [2.75, 3.05) is 6.61 Å². The van der Waals surface area contributed by atoms with E-state index in [1.165, 1.54) is 6.92 Å². The van der Waals surface area contributed by atoms with Crippen LogP contribution >= 0.6 is 0 Å². The first-order chi connectivity index (χ1) is 9.15. The van der Waals surface area contributed by atoms with Crippen molar-refractivity contribution in [2.45, 2.75) is 13.3 Å². The molecule has 0 bridgehead atoms. The van der Waals surface area contributed by atoms with Gasteiger partial charge in [-0.15, -0.1) is 13.2 Å². The highest BCUT2D eigenvalue weighted by atomic mass is 19.4. The molecule has 0 radical (unpaired) electrons. The summed E-state index contributed by atoms with van der Waals surface area (Å²) in [6.45, 7) is 1.11. The first-order valence-corrected chi connectivity index (χ1v) is 4.93. The van der Waals surface area contributed by atoms with Gasteiger partial charge in [-0.1, -0.05) is 0 Å². The van der Waals surface area contributed by atoms with Crippen molar-refractivity contribution >= 4 is 11.7 Å². The molecule has 20 heavy (non-hydrogen) atoms. The summed E-state index contributed by atoms with van der Waals surface area (Å²) in [5.74, 6) is -4.48. The number of hydrogen-bond acceptors (Lipinski definition) is 6. The third-order valence-electron chi connectivity index (χ3n) is 1.80. The topological polar surface area (TPSA) is 91.6 Å². The number of carbonyl (C=O) groups excluding carboxylic acids is 1. The summed E-state index contributed by atoms with van der Waals surface area (Å²) >= 11 is 0. The predicted molar refractivity (Wildman–Crippen MR) is 53.5 cm³/mol. The van der Waals surface area contributed by atoms with E-state index in [0.29, 0.717) is 0 Å². The lowest BCUT2D eigenvalue weighted by molar-refractivity contribution is -0.389. The molecule has 0 saturated heterocycles. The number of halogens is 4. The molecule has 0 aromatic carbocycles. The molecule has 0 aliphatic carbocycles. The van der Waals surface area contributed by atoms with Gasteiger partial charge < -0.3 is 9.47 Å². The Hall–Kier alpha value is -2.46. The van der Waals surface area contributed by atoms with E-state index in [1.807, 2.05) is 0 Å². The second-order valence-electron chi connectivity index (χ2n) is 3.17. The second kappa shape index (κ2) is 5.67. The Morgan fingerprint density at radius 1 is 1.50 bits per heavy atom. The molecule has 11 heteroatoms. The van der Waals surface area contributed by atoms with Gasteiger partial charge >= 0.3 is 18.0 Å². The molecule has 1 heterocycles. The highest BCUT2D eigenvalue weighted by Gasteiger charge is 2.38. The fourth-order valence-corrected chi connectivity index (χ4v) is 1.21. The van der Waals surface area contributed by atoms with E-state index in [9.17, 15) is 32.5 Å². The molecule has 1 aromatic rings. The molecule has 0 saturated carbocycles. The van der Waals surface area contributed by atoms with Gasteiger partial charge in [0.1, 0.15) is 0 Å². The minimum absolute atomic E-state index is 0.0499. The van der Waals surface area contributed by atoms with Gasteiger partial charge in [0.15, 0.2) is 0 Å². The maximum atomic E-state index is 13.1. The molecule has 7 nitrogen and oxygen atoms in total. The van der Waals surface area contributed by atoms with Crippen molar-refractivity contribution in [3.63, 3.8) is 0 Å². The Labute approximate surface area is 108 Å². The number of rotatable bonds is 4. The zero-order valence-corrected chi connectivity index (χ0v) is 9.73. The Balaban J connectivity index is 3.44. The van der Waals surface area contributed by atoms with Crippen molar-refractivity contribution in [3.05, 3.63) is 27.8 Å². The molecule has 0 atom stereocenters. The lowest BCUT2D eigenvalue weighted by Gasteiger charge is -2.10. The summed E-state index contributed by atoms with van der Waals surface area (Å²) in [7, 11) is 0. The molecule has 0 spiro atoms. The summed E-state index contributed by atoms with van der Waals surface area (Å²) < 4.78 is 57.0. The highest BCUT2D eigenvalue weighted by molar-refractivity contribution is 5.92. The zero-order chi connectivity index (χ0) is 15.5. The maximum Gasteiger partial charge on any atom is 0.573 e. The standard InChI is InChI=1S/C9H6F4N2O5/c1-2-19-8(16)6-7(15(17)18)4(3-5(10)14-6)20-9(11,12)13/h3H,2H2,1H3. The Kier molecular flexibility index (Phi) is 4.42. The molecule has 0 N–H and O–H groups in total. The van der Waals surface area contributed by atoms with E-state index in [1.54, 1.807) is 0 Å². The molecule has 110 valence electrons. The number of nitro groups is 1. The maximum absolute atomic E-state index is 13.1. The third-order valence-corrected chi connectivity index (χ3v) is 1.80. The van der Waals surface area contributed by atoms with Crippen molar-refractivity contribution in [2.24, 2.45) is 0 Å². The number of hydrogen-bond donors (Lipinski definition) is 0. The summed E-state index contributed by atoms with van der Waals surface area (Å²) in [6, 6.07) is 0.0499. The SMILES string of the molecule is CCOC(=O)c1nc(F)cc(OC(F)(F)F)c1[N+](=O)[O-]. The smallest absolute Gasteiger partial charge is 0.461 e. The van der Waals surface area contributed by atoms with Crippen LogP contribution in [0.5, 0.6) is 5.75 Å². The molecular formula is C9H6F4N2O5. The highest BCUT2D eigenvalue weighted by Crippen LogP contribution is 2.34. The first-order valence-electron chi connectivity index (χ1n) is 4.93. The molecule has 1 rings (SSSR count). The van der Waals surface area contributed by atoms with E-state index < -0.39 is 40.3 Å². The van der Waals surface area contributed by atoms with Crippen molar-refractivity contribution in [1.82, 2.24) is 4.98 Å². The lowest BCUT2D eigenvalue weighted by atomic mass is 10.2. The number of aromatic nitrogens is 1. The van der Waals surface area contributed by atoms with Gasteiger partial charge in [0.2, 0.25) is 17.4 Å². The van der Waals surface area contributed by atoms with Crippen LogP contribution in [-0.4, -0.2) is 28.8 Å². The van der Waals surface area contributed by atoms with Crippen LogP contribution in [0.4, 0.5) is 23.2 Å². The Morgan fingerprint density at radius 3 is 2.55 bits per heavy atom. The quantitative estimate of drug-likeness (QED) is 0.278. The van der Waals surface area contributed by atoms with Crippen LogP contribution in [0.15, 0.2) is 6.07 Å². The van der Waals surface area contributed by atoms with E-state index in [-0.39, 0.29) is 12.7 Å². The Bertz CT molecular complexity index is 546. The van der Waals surface area contributed by atoms with Crippen molar-refractivity contribution < 1.29 is 36.8 Å². The average molecular weight is 298 g/mol. The predicted octanol–water partition coefficient (Wildman–Crippen LogP) is 2.20. The minimum Gasteiger partial charge on any atom is -0.461 e. The van der Waals surface area contributed by atoms with Gasteiger partial charge in [-0.05, 0) is 6.92 Å². The monoisotopic (exact) mass is 298 g/mol. The van der Waals surface area contributed by atoms with E-state index in [2.05, 4.69) is 14.5 Å². The van der Waals surface area contributed by atoms with E-state index in [4.69, 9.17) is 0 Å².